The first-order chi connectivity index (χ1) is 9.01. The summed E-state index contributed by atoms with van der Waals surface area (Å²) in [5, 5.41) is 0. The highest BCUT2D eigenvalue weighted by Crippen LogP contribution is 2.18. The van der Waals surface area contributed by atoms with Crippen LogP contribution in [-0.2, 0) is 4.79 Å². The molecule has 4 nitrogen and oxygen atoms in total. The first-order valence-corrected chi connectivity index (χ1v) is 6.79. The highest BCUT2D eigenvalue weighted by atomic mass is 32.1. The molecule has 0 saturated carbocycles. The fourth-order valence-corrected chi connectivity index (χ4v) is 2.15. The maximum atomic E-state index is 12.1. The molecule has 0 aliphatic rings. The monoisotopic (exact) mass is 279 g/mol. The van der Waals surface area contributed by atoms with Crippen molar-refractivity contribution >= 4 is 28.8 Å². The van der Waals surface area contributed by atoms with E-state index in [-0.39, 0.29) is 5.91 Å². The zero-order valence-electron chi connectivity index (χ0n) is 11.7. The van der Waals surface area contributed by atoms with Crippen LogP contribution in [0.1, 0.15) is 19.4 Å². The predicted octanol–water partition coefficient (Wildman–Crippen LogP) is 1.63. The Hall–Kier alpha value is -1.62. The summed E-state index contributed by atoms with van der Waals surface area (Å²) >= 11 is 5.04. The minimum Gasteiger partial charge on any atom is -0.389 e. The Bertz CT molecular complexity index is 458. The van der Waals surface area contributed by atoms with Gasteiger partial charge in [0.1, 0.15) is 4.99 Å². The van der Waals surface area contributed by atoms with Crippen molar-refractivity contribution in [1.29, 1.82) is 0 Å². The van der Waals surface area contributed by atoms with Crippen molar-refractivity contribution in [2.75, 3.05) is 31.6 Å². The number of thiocarbonyl (C=S) groups is 1. The van der Waals surface area contributed by atoms with Gasteiger partial charge in [-0.25, -0.2) is 0 Å². The average Bonchev–Trinajstić information content (AvgIpc) is 2.40. The normalized spacial score (nSPS) is 10.1. The van der Waals surface area contributed by atoms with Crippen molar-refractivity contribution in [1.82, 2.24) is 4.90 Å². The van der Waals surface area contributed by atoms with Crippen molar-refractivity contribution in [3.63, 3.8) is 0 Å². The molecule has 1 aromatic carbocycles. The largest absolute Gasteiger partial charge is 0.389 e. The third-order valence-electron chi connectivity index (χ3n) is 3.07. The van der Waals surface area contributed by atoms with E-state index in [1.807, 2.05) is 50.1 Å². The molecule has 0 atom stereocenters. The van der Waals surface area contributed by atoms with Gasteiger partial charge in [-0.2, -0.15) is 0 Å². The molecule has 5 heteroatoms. The number of rotatable bonds is 6. The lowest BCUT2D eigenvalue weighted by Crippen LogP contribution is -2.39. The molecule has 104 valence electrons. The molecule has 0 spiro atoms. The molecule has 0 aliphatic heterocycles. The number of para-hydroxylation sites is 1. The van der Waals surface area contributed by atoms with Crippen LogP contribution in [0.15, 0.2) is 24.3 Å². The second-order valence-electron chi connectivity index (χ2n) is 4.30. The predicted molar refractivity (Wildman–Crippen MR) is 83.5 cm³/mol. The summed E-state index contributed by atoms with van der Waals surface area (Å²) < 4.78 is 0. The molecule has 1 rings (SSSR count). The number of carbonyl (C=O) groups excluding carboxylic acids is 1. The summed E-state index contributed by atoms with van der Waals surface area (Å²) in [5.41, 5.74) is 7.39. The molecular weight excluding hydrogens is 258 g/mol. The van der Waals surface area contributed by atoms with Gasteiger partial charge in [0.15, 0.2) is 0 Å². The Labute approximate surface area is 120 Å². The smallest absolute Gasteiger partial charge is 0.242 e. The quantitative estimate of drug-likeness (QED) is 0.804. The van der Waals surface area contributed by atoms with Gasteiger partial charge in [0.2, 0.25) is 5.91 Å². The maximum Gasteiger partial charge on any atom is 0.242 e. The third kappa shape index (κ3) is 3.92. The highest BCUT2D eigenvalue weighted by molar-refractivity contribution is 7.80. The van der Waals surface area contributed by atoms with Crippen LogP contribution in [0.25, 0.3) is 0 Å². The summed E-state index contributed by atoms with van der Waals surface area (Å²) in [6.45, 7) is 5.72. The van der Waals surface area contributed by atoms with E-state index in [1.165, 1.54) is 0 Å². The second kappa shape index (κ2) is 7.09. The van der Waals surface area contributed by atoms with Gasteiger partial charge in [0.25, 0.3) is 0 Å². The molecule has 1 aromatic rings. The van der Waals surface area contributed by atoms with E-state index in [2.05, 4.69) is 0 Å². The minimum atomic E-state index is 0.102. The maximum absolute atomic E-state index is 12.1. The number of benzene rings is 1. The number of nitrogens with two attached hydrogens (primary N) is 1. The van der Waals surface area contributed by atoms with E-state index in [9.17, 15) is 4.79 Å². The van der Waals surface area contributed by atoms with Gasteiger partial charge >= 0.3 is 0 Å². The minimum absolute atomic E-state index is 0.102. The third-order valence-corrected chi connectivity index (χ3v) is 3.29. The second-order valence-corrected chi connectivity index (χ2v) is 4.74. The van der Waals surface area contributed by atoms with Crippen molar-refractivity contribution in [2.24, 2.45) is 5.73 Å². The number of amides is 1. The zero-order valence-corrected chi connectivity index (χ0v) is 12.5. The zero-order chi connectivity index (χ0) is 14.4. The van der Waals surface area contributed by atoms with Crippen molar-refractivity contribution < 1.29 is 4.79 Å². The van der Waals surface area contributed by atoms with Gasteiger partial charge in [-0.3, -0.25) is 4.79 Å². The van der Waals surface area contributed by atoms with Gasteiger partial charge < -0.3 is 15.5 Å². The number of anilines is 1. The summed E-state index contributed by atoms with van der Waals surface area (Å²) in [6.07, 6.45) is 0. The van der Waals surface area contributed by atoms with Gasteiger partial charge in [-0.15, -0.1) is 0 Å². The first-order valence-electron chi connectivity index (χ1n) is 6.39. The summed E-state index contributed by atoms with van der Waals surface area (Å²) in [5.74, 6) is 0.102. The number of hydrogen-bond acceptors (Lipinski definition) is 3. The van der Waals surface area contributed by atoms with Crippen LogP contribution < -0.4 is 10.6 Å². The lowest BCUT2D eigenvalue weighted by molar-refractivity contribution is -0.129. The van der Waals surface area contributed by atoms with Gasteiger partial charge in [0, 0.05) is 31.4 Å². The topological polar surface area (TPSA) is 49.6 Å². The van der Waals surface area contributed by atoms with Crippen LogP contribution in [-0.4, -0.2) is 42.5 Å². The highest BCUT2D eigenvalue weighted by Gasteiger charge is 2.15. The lowest BCUT2D eigenvalue weighted by atomic mass is 10.1. The standard InChI is InChI=1S/C14H21N3OS/c1-4-17(5-2)13(18)10-16(3)12-9-7-6-8-11(12)14(15)19/h6-9H,4-5,10H2,1-3H3,(H2,15,19). The molecule has 0 aromatic heterocycles. The number of carbonyl (C=O) groups is 1. The molecule has 0 aliphatic carbocycles. The van der Waals surface area contributed by atoms with E-state index in [4.69, 9.17) is 18.0 Å². The average molecular weight is 279 g/mol. The molecule has 0 saturated heterocycles. The Morgan fingerprint density at radius 2 is 1.84 bits per heavy atom. The Kier molecular flexibility index (Phi) is 5.76. The fourth-order valence-electron chi connectivity index (χ4n) is 1.98. The van der Waals surface area contributed by atoms with Crippen LogP contribution in [0.4, 0.5) is 5.69 Å². The van der Waals surface area contributed by atoms with E-state index in [1.54, 1.807) is 4.90 Å². The van der Waals surface area contributed by atoms with Gasteiger partial charge in [-0.05, 0) is 26.0 Å². The molecule has 0 heterocycles. The van der Waals surface area contributed by atoms with E-state index >= 15 is 0 Å². The molecule has 0 fully saturated rings. The van der Waals surface area contributed by atoms with Crippen LogP contribution in [0.5, 0.6) is 0 Å². The van der Waals surface area contributed by atoms with Crippen LogP contribution in [0, 0.1) is 0 Å². The number of likely N-dealkylation sites (N-methyl/N-ethyl adjacent to an activating group) is 2. The Morgan fingerprint density at radius 1 is 1.26 bits per heavy atom. The molecule has 1 amide bonds. The number of nitrogens with zero attached hydrogens (tertiary/aromatic N) is 2. The summed E-state index contributed by atoms with van der Waals surface area (Å²) in [7, 11) is 1.87. The van der Waals surface area contributed by atoms with Gasteiger partial charge in [-0.1, -0.05) is 24.4 Å². The number of hydrogen-bond donors (Lipinski definition) is 1. The molecule has 0 unspecified atom stereocenters. The first kappa shape index (κ1) is 15.4. The Balaban J connectivity index is 2.87. The lowest BCUT2D eigenvalue weighted by Gasteiger charge is -2.25. The van der Waals surface area contributed by atoms with Gasteiger partial charge in [0.05, 0.1) is 6.54 Å². The van der Waals surface area contributed by atoms with Crippen molar-refractivity contribution in [2.45, 2.75) is 13.8 Å². The molecular formula is C14H21N3OS. The molecule has 2 N–H and O–H groups in total. The van der Waals surface area contributed by atoms with Crippen molar-refractivity contribution in [3.8, 4) is 0 Å². The van der Waals surface area contributed by atoms with Crippen LogP contribution in [0.2, 0.25) is 0 Å². The van der Waals surface area contributed by atoms with Crippen LogP contribution >= 0.6 is 12.2 Å². The van der Waals surface area contributed by atoms with E-state index in [0.717, 1.165) is 24.3 Å². The van der Waals surface area contributed by atoms with Crippen LogP contribution in [0.3, 0.4) is 0 Å². The fraction of sp³-hybridized carbons (Fsp3) is 0.429. The molecule has 0 bridgehead atoms. The van der Waals surface area contributed by atoms with E-state index < -0.39 is 0 Å². The molecule has 19 heavy (non-hydrogen) atoms. The SMILES string of the molecule is CCN(CC)C(=O)CN(C)c1ccccc1C(N)=S. The summed E-state index contributed by atoms with van der Waals surface area (Å²) in [6, 6.07) is 7.59. The summed E-state index contributed by atoms with van der Waals surface area (Å²) in [4.78, 5) is 16.1. The Morgan fingerprint density at radius 3 is 2.37 bits per heavy atom. The van der Waals surface area contributed by atoms with Crippen molar-refractivity contribution in [3.05, 3.63) is 29.8 Å². The van der Waals surface area contributed by atoms with E-state index in [0.29, 0.717) is 11.5 Å². The molecule has 0 radical (unpaired) electrons.